The van der Waals surface area contributed by atoms with Gasteiger partial charge in [0.05, 0.1) is 0 Å². The largest absolute Gasteiger partial charge is 0.326 e. The van der Waals surface area contributed by atoms with Crippen molar-refractivity contribution in [3.63, 3.8) is 0 Å². The minimum Gasteiger partial charge on any atom is -0.326 e. The quantitative estimate of drug-likeness (QED) is 0.814. The summed E-state index contributed by atoms with van der Waals surface area (Å²) in [6.45, 7) is 5.91. The van der Waals surface area contributed by atoms with Gasteiger partial charge in [0.1, 0.15) is 0 Å². The highest BCUT2D eigenvalue weighted by atomic mass is 16.1. The summed E-state index contributed by atoms with van der Waals surface area (Å²) in [7, 11) is 1.85. The molecular weight excluding hydrogens is 202 g/mol. The SMILES string of the molecule is CNC(C)(C)CC(=O)Nc1ccncc1C. The van der Waals surface area contributed by atoms with Crippen molar-refractivity contribution in [2.24, 2.45) is 0 Å². The van der Waals surface area contributed by atoms with Crippen molar-refractivity contribution in [1.29, 1.82) is 0 Å². The van der Waals surface area contributed by atoms with Crippen LogP contribution in [0.1, 0.15) is 25.8 Å². The van der Waals surface area contributed by atoms with E-state index in [0.29, 0.717) is 6.42 Å². The monoisotopic (exact) mass is 221 g/mol. The Balaban J connectivity index is 2.62. The van der Waals surface area contributed by atoms with Crippen LogP contribution in [-0.2, 0) is 4.79 Å². The summed E-state index contributed by atoms with van der Waals surface area (Å²) in [6, 6.07) is 1.81. The number of aromatic nitrogens is 1. The molecule has 0 atom stereocenters. The van der Waals surface area contributed by atoms with Gasteiger partial charge in [-0.1, -0.05) is 0 Å². The Bertz CT molecular complexity index is 374. The van der Waals surface area contributed by atoms with Gasteiger partial charge in [0, 0.05) is 30.0 Å². The van der Waals surface area contributed by atoms with E-state index in [2.05, 4.69) is 15.6 Å². The normalized spacial score (nSPS) is 11.2. The number of anilines is 1. The highest BCUT2D eigenvalue weighted by Crippen LogP contribution is 2.14. The molecule has 0 aliphatic rings. The fourth-order valence-electron chi connectivity index (χ4n) is 1.30. The second kappa shape index (κ2) is 5.07. The highest BCUT2D eigenvalue weighted by molar-refractivity contribution is 5.92. The molecule has 1 rings (SSSR count). The first-order chi connectivity index (χ1) is 7.44. The molecule has 0 aliphatic carbocycles. The summed E-state index contributed by atoms with van der Waals surface area (Å²) in [4.78, 5) is 15.7. The molecule has 0 saturated carbocycles. The van der Waals surface area contributed by atoms with E-state index < -0.39 is 0 Å². The molecule has 0 saturated heterocycles. The van der Waals surface area contributed by atoms with E-state index in [4.69, 9.17) is 0 Å². The third-order valence-electron chi connectivity index (χ3n) is 2.57. The fraction of sp³-hybridized carbons (Fsp3) is 0.500. The second-order valence-electron chi connectivity index (χ2n) is 4.55. The van der Waals surface area contributed by atoms with Crippen LogP contribution in [0.3, 0.4) is 0 Å². The van der Waals surface area contributed by atoms with E-state index in [1.807, 2.05) is 27.8 Å². The number of hydrogen-bond acceptors (Lipinski definition) is 3. The molecule has 0 radical (unpaired) electrons. The van der Waals surface area contributed by atoms with Crippen LogP contribution < -0.4 is 10.6 Å². The number of pyridine rings is 1. The van der Waals surface area contributed by atoms with Gasteiger partial charge in [-0.15, -0.1) is 0 Å². The fourth-order valence-corrected chi connectivity index (χ4v) is 1.30. The zero-order valence-corrected chi connectivity index (χ0v) is 10.3. The predicted molar refractivity (Wildman–Crippen MR) is 65.4 cm³/mol. The Labute approximate surface area is 96.5 Å². The highest BCUT2D eigenvalue weighted by Gasteiger charge is 2.19. The first-order valence-electron chi connectivity index (χ1n) is 5.34. The van der Waals surface area contributed by atoms with Gasteiger partial charge in [-0.05, 0) is 39.4 Å². The molecule has 1 amide bonds. The van der Waals surface area contributed by atoms with Crippen LogP contribution in [-0.4, -0.2) is 23.5 Å². The van der Waals surface area contributed by atoms with Crippen LogP contribution in [0.2, 0.25) is 0 Å². The maximum Gasteiger partial charge on any atom is 0.226 e. The van der Waals surface area contributed by atoms with E-state index in [1.54, 1.807) is 18.5 Å². The Morgan fingerprint density at radius 2 is 2.19 bits per heavy atom. The minimum atomic E-state index is -0.189. The van der Waals surface area contributed by atoms with Gasteiger partial charge >= 0.3 is 0 Å². The molecule has 0 aromatic carbocycles. The van der Waals surface area contributed by atoms with Crippen LogP contribution in [0.4, 0.5) is 5.69 Å². The van der Waals surface area contributed by atoms with E-state index in [9.17, 15) is 4.79 Å². The van der Waals surface area contributed by atoms with Crippen molar-refractivity contribution in [3.05, 3.63) is 24.0 Å². The first-order valence-corrected chi connectivity index (χ1v) is 5.34. The summed E-state index contributed by atoms with van der Waals surface area (Å²) in [5, 5.41) is 5.98. The summed E-state index contributed by atoms with van der Waals surface area (Å²) in [6.07, 6.45) is 3.84. The molecule has 0 spiro atoms. The van der Waals surface area contributed by atoms with Crippen LogP contribution in [0.5, 0.6) is 0 Å². The molecule has 1 aromatic rings. The van der Waals surface area contributed by atoms with Crippen molar-refractivity contribution in [3.8, 4) is 0 Å². The summed E-state index contributed by atoms with van der Waals surface area (Å²) < 4.78 is 0. The van der Waals surface area contributed by atoms with Gasteiger partial charge in [0.15, 0.2) is 0 Å². The molecule has 1 aromatic heterocycles. The van der Waals surface area contributed by atoms with Gasteiger partial charge in [0.25, 0.3) is 0 Å². The molecule has 1 heterocycles. The molecule has 4 nitrogen and oxygen atoms in total. The van der Waals surface area contributed by atoms with Gasteiger partial charge in [-0.2, -0.15) is 0 Å². The summed E-state index contributed by atoms with van der Waals surface area (Å²) in [5.41, 5.74) is 1.61. The number of carbonyl (C=O) groups is 1. The maximum absolute atomic E-state index is 11.8. The second-order valence-corrected chi connectivity index (χ2v) is 4.55. The smallest absolute Gasteiger partial charge is 0.226 e. The zero-order chi connectivity index (χ0) is 12.2. The molecule has 2 N–H and O–H groups in total. The van der Waals surface area contributed by atoms with E-state index >= 15 is 0 Å². The third kappa shape index (κ3) is 3.62. The van der Waals surface area contributed by atoms with Crippen LogP contribution in [0.25, 0.3) is 0 Å². The van der Waals surface area contributed by atoms with E-state index in [-0.39, 0.29) is 11.4 Å². The first kappa shape index (κ1) is 12.6. The third-order valence-corrected chi connectivity index (χ3v) is 2.57. The zero-order valence-electron chi connectivity index (χ0n) is 10.3. The van der Waals surface area contributed by atoms with Crippen molar-refractivity contribution >= 4 is 11.6 Å². The standard InChI is InChI=1S/C12H19N3O/c1-9-8-14-6-5-10(9)15-11(16)7-12(2,3)13-4/h5-6,8,13H,7H2,1-4H3,(H,14,15,16). The lowest BCUT2D eigenvalue weighted by Crippen LogP contribution is -2.39. The topological polar surface area (TPSA) is 54.0 Å². The lowest BCUT2D eigenvalue weighted by Gasteiger charge is -2.23. The molecule has 4 heteroatoms. The molecule has 0 aliphatic heterocycles. The van der Waals surface area contributed by atoms with E-state index in [0.717, 1.165) is 11.3 Å². The lowest BCUT2D eigenvalue weighted by atomic mass is 10.0. The van der Waals surface area contributed by atoms with Crippen molar-refractivity contribution in [2.75, 3.05) is 12.4 Å². The van der Waals surface area contributed by atoms with Crippen LogP contribution in [0.15, 0.2) is 18.5 Å². The van der Waals surface area contributed by atoms with Crippen LogP contribution >= 0.6 is 0 Å². The van der Waals surface area contributed by atoms with Gasteiger partial charge in [0.2, 0.25) is 5.91 Å². The molecule has 0 unspecified atom stereocenters. The molecule has 88 valence electrons. The van der Waals surface area contributed by atoms with Crippen molar-refractivity contribution in [2.45, 2.75) is 32.7 Å². The number of hydrogen-bond donors (Lipinski definition) is 2. The number of carbonyl (C=O) groups excluding carboxylic acids is 1. The molecular formula is C12H19N3O. The Hall–Kier alpha value is -1.42. The summed E-state index contributed by atoms with van der Waals surface area (Å²) in [5.74, 6) is 0.00801. The molecule has 0 bridgehead atoms. The number of nitrogens with one attached hydrogen (secondary N) is 2. The number of nitrogens with zero attached hydrogens (tertiary/aromatic N) is 1. The van der Waals surface area contributed by atoms with E-state index in [1.165, 1.54) is 0 Å². The lowest BCUT2D eigenvalue weighted by molar-refractivity contribution is -0.117. The maximum atomic E-state index is 11.8. The number of amides is 1. The average molecular weight is 221 g/mol. The van der Waals surface area contributed by atoms with Gasteiger partial charge < -0.3 is 10.6 Å². The molecule has 0 fully saturated rings. The number of aryl methyl sites for hydroxylation is 1. The minimum absolute atomic E-state index is 0.00801. The predicted octanol–water partition coefficient (Wildman–Crippen LogP) is 1.72. The van der Waals surface area contributed by atoms with Crippen LogP contribution in [0, 0.1) is 6.92 Å². The number of rotatable bonds is 4. The Kier molecular flexibility index (Phi) is 4.01. The summed E-state index contributed by atoms with van der Waals surface area (Å²) >= 11 is 0. The average Bonchev–Trinajstić information content (AvgIpc) is 2.21. The molecule has 16 heavy (non-hydrogen) atoms. The van der Waals surface area contributed by atoms with Gasteiger partial charge in [-0.25, -0.2) is 0 Å². The Morgan fingerprint density at radius 3 is 2.75 bits per heavy atom. The Morgan fingerprint density at radius 1 is 1.50 bits per heavy atom. The van der Waals surface area contributed by atoms with Crippen molar-refractivity contribution < 1.29 is 4.79 Å². The van der Waals surface area contributed by atoms with Gasteiger partial charge in [-0.3, -0.25) is 9.78 Å². The van der Waals surface area contributed by atoms with Crippen molar-refractivity contribution in [1.82, 2.24) is 10.3 Å².